The van der Waals surface area contributed by atoms with Crippen LogP contribution in [0.25, 0.3) is 0 Å². The van der Waals surface area contributed by atoms with Gasteiger partial charge in [-0.2, -0.15) is 0 Å². The molecule has 2 N–H and O–H groups in total. The fourth-order valence-corrected chi connectivity index (χ4v) is 2.64. The maximum atomic E-state index is 13.3. The highest BCUT2D eigenvalue weighted by atomic mass is 19.1. The van der Waals surface area contributed by atoms with Crippen LogP contribution in [0.3, 0.4) is 0 Å². The van der Waals surface area contributed by atoms with Gasteiger partial charge in [0.25, 0.3) is 0 Å². The molecule has 0 aliphatic carbocycles. The van der Waals surface area contributed by atoms with Crippen molar-refractivity contribution >= 4 is 5.69 Å². The maximum absolute atomic E-state index is 13.3. The number of hydrogen-bond acceptors (Lipinski definition) is 3. The highest BCUT2D eigenvalue weighted by Crippen LogP contribution is 2.19. The molecule has 18 heavy (non-hydrogen) atoms. The van der Waals surface area contributed by atoms with Gasteiger partial charge in [0.2, 0.25) is 0 Å². The first-order valence-corrected chi connectivity index (χ1v) is 6.49. The van der Waals surface area contributed by atoms with Crippen molar-refractivity contribution in [2.75, 3.05) is 32.9 Å². The molecule has 1 aromatic rings. The van der Waals surface area contributed by atoms with Crippen molar-refractivity contribution in [1.29, 1.82) is 0 Å². The Labute approximate surface area is 108 Å². The Bertz CT molecular complexity index is 408. The Kier molecular flexibility index (Phi) is 4.19. The Morgan fingerprint density at radius 2 is 2.28 bits per heavy atom. The van der Waals surface area contributed by atoms with Crippen LogP contribution in [0.4, 0.5) is 10.1 Å². The second kappa shape index (κ2) is 5.67. The zero-order valence-corrected chi connectivity index (χ0v) is 11.2. The van der Waals surface area contributed by atoms with E-state index < -0.39 is 0 Å². The summed E-state index contributed by atoms with van der Waals surface area (Å²) in [6.07, 6.45) is 2.52. The summed E-state index contributed by atoms with van der Waals surface area (Å²) in [6.45, 7) is 2.89. The molecule has 2 rings (SSSR count). The third-order valence-corrected chi connectivity index (χ3v) is 3.78. The lowest BCUT2D eigenvalue weighted by molar-refractivity contribution is 0.215. The number of nitrogens with two attached hydrogens (primary N) is 1. The lowest BCUT2D eigenvalue weighted by Gasteiger charge is -2.26. The van der Waals surface area contributed by atoms with Crippen molar-refractivity contribution in [2.45, 2.75) is 25.4 Å². The van der Waals surface area contributed by atoms with Gasteiger partial charge >= 0.3 is 0 Å². The number of likely N-dealkylation sites (tertiary alicyclic amines) is 1. The molecule has 1 aliphatic heterocycles. The summed E-state index contributed by atoms with van der Waals surface area (Å²) in [5.41, 5.74) is 6.91. The first-order chi connectivity index (χ1) is 8.58. The molecule has 1 aliphatic rings. The number of rotatable bonds is 4. The van der Waals surface area contributed by atoms with Crippen LogP contribution >= 0.6 is 0 Å². The summed E-state index contributed by atoms with van der Waals surface area (Å²) < 4.78 is 13.3. The molecule has 1 atom stereocenters. The zero-order valence-electron chi connectivity index (χ0n) is 11.2. The highest BCUT2D eigenvalue weighted by molar-refractivity contribution is 5.47. The van der Waals surface area contributed by atoms with Crippen LogP contribution in [-0.2, 0) is 6.54 Å². The van der Waals surface area contributed by atoms with Crippen LogP contribution in [0.1, 0.15) is 18.4 Å². The molecule has 1 unspecified atom stereocenters. The van der Waals surface area contributed by atoms with Gasteiger partial charge in [0.05, 0.1) is 5.69 Å². The summed E-state index contributed by atoms with van der Waals surface area (Å²) in [5.74, 6) is -0.320. The fraction of sp³-hybridized carbons (Fsp3) is 0.571. The first kappa shape index (κ1) is 13.3. The van der Waals surface area contributed by atoms with E-state index in [1.807, 2.05) is 6.07 Å². The van der Waals surface area contributed by atoms with Crippen molar-refractivity contribution in [2.24, 2.45) is 0 Å². The minimum atomic E-state index is -0.320. The SMILES string of the molecule is CN(Cc1cccc(F)c1N)CC1CCCN1C. The van der Waals surface area contributed by atoms with Gasteiger partial charge in [0.1, 0.15) is 5.82 Å². The normalized spacial score (nSPS) is 20.8. The third kappa shape index (κ3) is 3.00. The van der Waals surface area contributed by atoms with Gasteiger partial charge in [-0.3, -0.25) is 0 Å². The predicted molar refractivity (Wildman–Crippen MR) is 72.8 cm³/mol. The lowest BCUT2D eigenvalue weighted by Crippen LogP contribution is -2.36. The Hall–Kier alpha value is -1.13. The van der Waals surface area contributed by atoms with E-state index in [4.69, 9.17) is 5.73 Å². The molecular weight excluding hydrogens is 229 g/mol. The number of halogens is 1. The molecule has 1 fully saturated rings. The number of nitrogens with zero attached hydrogens (tertiary/aromatic N) is 2. The molecule has 1 saturated heterocycles. The molecule has 0 saturated carbocycles. The van der Waals surface area contributed by atoms with Crippen LogP contribution in [0.2, 0.25) is 0 Å². The summed E-state index contributed by atoms with van der Waals surface area (Å²) >= 11 is 0. The summed E-state index contributed by atoms with van der Waals surface area (Å²) in [7, 11) is 4.23. The molecule has 4 heteroatoms. The van der Waals surface area contributed by atoms with Crippen LogP contribution in [0.5, 0.6) is 0 Å². The zero-order chi connectivity index (χ0) is 13.1. The van der Waals surface area contributed by atoms with Gasteiger partial charge in [-0.15, -0.1) is 0 Å². The van der Waals surface area contributed by atoms with E-state index >= 15 is 0 Å². The van der Waals surface area contributed by atoms with Crippen molar-refractivity contribution in [3.63, 3.8) is 0 Å². The third-order valence-electron chi connectivity index (χ3n) is 3.78. The fourth-order valence-electron chi connectivity index (χ4n) is 2.64. The molecule has 100 valence electrons. The van der Waals surface area contributed by atoms with Gasteiger partial charge in [-0.1, -0.05) is 12.1 Å². The second-order valence-electron chi connectivity index (χ2n) is 5.29. The van der Waals surface area contributed by atoms with E-state index in [0.29, 0.717) is 12.6 Å². The van der Waals surface area contributed by atoms with E-state index in [1.54, 1.807) is 6.07 Å². The summed E-state index contributed by atoms with van der Waals surface area (Å²) in [5, 5.41) is 0. The molecule has 3 nitrogen and oxygen atoms in total. The predicted octanol–water partition coefficient (Wildman–Crippen LogP) is 1.93. The summed E-state index contributed by atoms with van der Waals surface area (Å²) in [6, 6.07) is 5.64. The first-order valence-electron chi connectivity index (χ1n) is 6.49. The monoisotopic (exact) mass is 251 g/mol. The van der Waals surface area contributed by atoms with Crippen molar-refractivity contribution < 1.29 is 4.39 Å². The van der Waals surface area contributed by atoms with Gasteiger partial charge in [-0.05, 0) is 45.1 Å². The average molecular weight is 251 g/mol. The quantitative estimate of drug-likeness (QED) is 0.830. The van der Waals surface area contributed by atoms with Crippen LogP contribution in [0.15, 0.2) is 18.2 Å². The molecule has 0 amide bonds. The van der Waals surface area contributed by atoms with E-state index in [9.17, 15) is 4.39 Å². The van der Waals surface area contributed by atoms with Crippen molar-refractivity contribution in [1.82, 2.24) is 9.80 Å². The minimum Gasteiger partial charge on any atom is -0.396 e. The van der Waals surface area contributed by atoms with Crippen LogP contribution in [0, 0.1) is 5.82 Å². The van der Waals surface area contributed by atoms with Gasteiger partial charge in [0.15, 0.2) is 0 Å². The molecule has 0 aromatic heterocycles. The minimum absolute atomic E-state index is 0.282. The molecule has 0 radical (unpaired) electrons. The Morgan fingerprint density at radius 1 is 1.50 bits per heavy atom. The van der Waals surface area contributed by atoms with Crippen molar-refractivity contribution in [3.8, 4) is 0 Å². The molecule has 0 spiro atoms. The smallest absolute Gasteiger partial charge is 0.146 e. The van der Waals surface area contributed by atoms with Gasteiger partial charge < -0.3 is 15.5 Å². The number of nitrogen functional groups attached to an aromatic ring is 1. The highest BCUT2D eigenvalue weighted by Gasteiger charge is 2.22. The maximum Gasteiger partial charge on any atom is 0.146 e. The lowest BCUT2D eigenvalue weighted by atomic mass is 10.1. The Balaban J connectivity index is 1.94. The molecule has 0 bridgehead atoms. The van der Waals surface area contributed by atoms with Crippen molar-refractivity contribution in [3.05, 3.63) is 29.6 Å². The Morgan fingerprint density at radius 3 is 2.94 bits per heavy atom. The van der Waals surface area contributed by atoms with Crippen LogP contribution in [-0.4, -0.2) is 43.0 Å². The molecular formula is C14H22FN3. The summed E-state index contributed by atoms with van der Waals surface area (Å²) in [4.78, 5) is 4.61. The topological polar surface area (TPSA) is 32.5 Å². The largest absolute Gasteiger partial charge is 0.396 e. The number of hydrogen-bond donors (Lipinski definition) is 1. The van der Waals surface area contributed by atoms with E-state index in [1.165, 1.54) is 25.5 Å². The number of benzene rings is 1. The van der Waals surface area contributed by atoms with E-state index in [2.05, 4.69) is 23.9 Å². The van der Waals surface area contributed by atoms with E-state index in [-0.39, 0.29) is 11.5 Å². The standard InChI is InChI=1S/C14H22FN3/c1-17(10-12-6-4-8-18(12)2)9-11-5-3-7-13(15)14(11)16/h3,5,7,12H,4,6,8-10,16H2,1-2H3. The van der Waals surface area contributed by atoms with Gasteiger partial charge in [0, 0.05) is 19.1 Å². The van der Waals surface area contributed by atoms with Crippen LogP contribution < -0.4 is 5.73 Å². The number of likely N-dealkylation sites (N-methyl/N-ethyl adjacent to an activating group) is 2. The molecule has 1 heterocycles. The second-order valence-corrected chi connectivity index (χ2v) is 5.29. The van der Waals surface area contributed by atoms with Gasteiger partial charge in [-0.25, -0.2) is 4.39 Å². The number of para-hydroxylation sites is 1. The average Bonchev–Trinajstić information content (AvgIpc) is 2.71. The van der Waals surface area contributed by atoms with E-state index in [0.717, 1.165) is 12.1 Å². The number of anilines is 1. The molecule has 1 aromatic carbocycles.